The highest BCUT2D eigenvalue weighted by Gasteiger charge is 2.19. The van der Waals surface area contributed by atoms with Crippen LogP contribution in [0.3, 0.4) is 0 Å². The van der Waals surface area contributed by atoms with E-state index in [0.29, 0.717) is 11.3 Å². The van der Waals surface area contributed by atoms with Gasteiger partial charge in [0, 0.05) is 11.8 Å². The number of para-hydroxylation sites is 4. The Labute approximate surface area is 175 Å². The fourth-order valence-electron chi connectivity index (χ4n) is 2.71. The van der Waals surface area contributed by atoms with E-state index in [2.05, 4.69) is 20.8 Å². The van der Waals surface area contributed by atoms with Gasteiger partial charge in [0.15, 0.2) is 0 Å². The van der Waals surface area contributed by atoms with Gasteiger partial charge in [-0.2, -0.15) is 0 Å². The minimum atomic E-state index is -0.550. The molecule has 10 heteroatoms. The molecule has 0 aliphatic rings. The largest absolute Gasteiger partial charge is 0.449 e. The zero-order valence-corrected chi connectivity index (χ0v) is 15.9. The number of benzene rings is 3. The maximum Gasteiger partial charge on any atom is 0.327 e. The summed E-state index contributed by atoms with van der Waals surface area (Å²) >= 11 is 0. The Morgan fingerprint density at radius 1 is 0.871 bits per heavy atom. The lowest BCUT2D eigenvalue weighted by Crippen LogP contribution is -2.19. The van der Waals surface area contributed by atoms with Crippen LogP contribution in [0.5, 0.6) is 11.5 Å². The van der Waals surface area contributed by atoms with Crippen molar-refractivity contribution < 1.29 is 18.9 Å². The molecule has 0 aliphatic carbocycles. The molecule has 0 fully saturated rings. The van der Waals surface area contributed by atoms with Crippen LogP contribution in [0.1, 0.15) is 0 Å². The summed E-state index contributed by atoms with van der Waals surface area (Å²) in [4.78, 5) is 22.8. The number of anilines is 2. The number of hydrogen-bond acceptors (Lipinski definition) is 7. The molecule has 0 aliphatic heterocycles. The zero-order chi connectivity index (χ0) is 21.6. The van der Waals surface area contributed by atoms with Crippen molar-refractivity contribution in [1.82, 2.24) is 10.2 Å². The molecule has 0 saturated heterocycles. The normalized spacial score (nSPS) is 10.3. The molecule has 0 saturated carbocycles. The molecule has 154 valence electrons. The summed E-state index contributed by atoms with van der Waals surface area (Å²) in [5, 5.41) is 24.1. The maximum atomic E-state index is 12.1. The van der Waals surface area contributed by atoms with Gasteiger partial charge in [-0.1, -0.05) is 47.6 Å². The highest BCUT2D eigenvalue weighted by Crippen LogP contribution is 2.36. The van der Waals surface area contributed by atoms with E-state index in [-0.39, 0.29) is 29.1 Å². The van der Waals surface area contributed by atoms with Crippen molar-refractivity contribution in [3.63, 3.8) is 0 Å². The number of urea groups is 1. The Balaban J connectivity index is 1.53. The monoisotopic (exact) mass is 417 g/mol. The highest BCUT2D eigenvalue weighted by molar-refractivity contribution is 5.98. The van der Waals surface area contributed by atoms with Gasteiger partial charge in [-0.25, -0.2) is 4.79 Å². The molecular formula is C21H15N5O5. The van der Waals surface area contributed by atoms with Crippen LogP contribution in [0.4, 0.5) is 22.2 Å². The minimum Gasteiger partial charge on any atom is -0.449 e. The summed E-state index contributed by atoms with van der Waals surface area (Å²) in [6.45, 7) is 0. The van der Waals surface area contributed by atoms with Crippen LogP contribution in [0.25, 0.3) is 11.5 Å². The Bertz CT molecular complexity index is 1230. The molecule has 0 bridgehead atoms. The predicted octanol–water partition coefficient (Wildman–Crippen LogP) is 5.08. The molecule has 1 aromatic heterocycles. The Hall–Kier alpha value is -4.73. The third-order valence-electron chi connectivity index (χ3n) is 4.08. The molecular weight excluding hydrogens is 402 g/mol. The van der Waals surface area contributed by atoms with E-state index in [9.17, 15) is 14.9 Å². The summed E-state index contributed by atoms with van der Waals surface area (Å²) in [6, 6.07) is 20.9. The van der Waals surface area contributed by atoms with Crippen LogP contribution < -0.4 is 15.4 Å². The second kappa shape index (κ2) is 8.74. The van der Waals surface area contributed by atoms with Crippen molar-refractivity contribution in [2.45, 2.75) is 0 Å². The number of carbonyl (C=O) groups excluding carboxylic acids is 1. The minimum absolute atomic E-state index is 0.0695. The van der Waals surface area contributed by atoms with E-state index in [1.165, 1.54) is 12.1 Å². The number of amides is 2. The molecule has 0 atom stereocenters. The lowest BCUT2D eigenvalue weighted by atomic mass is 10.2. The van der Waals surface area contributed by atoms with Crippen molar-refractivity contribution in [2.75, 3.05) is 10.6 Å². The summed E-state index contributed by atoms with van der Waals surface area (Å²) in [5.41, 5.74) is 0.829. The summed E-state index contributed by atoms with van der Waals surface area (Å²) in [7, 11) is 0. The number of carbonyl (C=O) groups is 1. The Morgan fingerprint density at radius 2 is 1.55 bits per heavy atom. The molecule has 0 spiro atoms. The van der Waals surface area contributed by atoms with E-state index in [1.807, 2.05) is 6.07 Å². The van der Waals surface area contributed by atoms with Crippen LogP contribution in [-0.4, -0.2) is 21.2 Å². The van der Waals surface area contributed by atoms with E-state index in [1.54, 1.807) is 60.7 Å². The molecule has 0 radical (unpaired) electrons. The van der Waals surface area contributed by atoms with Crippen molar-refractivity contribution in [3.05, 3.63) is 89.0 Å². The molecule has 3 aromatic carbocycles. The molecule has 2 amide bonds. The number of nitro benzene ring substituents is 1. The smallest absolute Gasteiger partial charge is 0.327 e. The predicted molar refractivity (Wildman–Crippen MR) is 112 cm³/mol. The number of nitro groups is 1. The van der Waals surface area contributed by atoms with Crippen molar-refractivity contribution >= 4 is 23.4 Å². The van der Waals surface area contributed by atoms with E-state index in [0.717, 1.165) is 0 Å². The Morgan fingerprint density at radius 3 is 2.32 bits per heavy atom. The van der Waals surface area contributed by atoms with Crippen molar-refractivity contribution in [2.24, 2.45) is 0 Å². The van der Waals surface area contributed by atoms with Gasteiger partial charge in [-0.15, -0.1) is 5.10 Å². The van der Waals surface area contributed by atoms with E-state index in [4.69, 9.17) is 9.15 Å². The van der Waals surface area contributed by atoms with Crippen molar-refractivity contribution in [1.29, 1.82) is 0 Å². The Kier molecular flexibility index (Phi) is 5.52. The first-order valence-electron chi connectivity index (χ1n) is 9.07. The quantitative estimate of drug-likeness (QED) is 0.330. The zero-order valence-electron chi connectivity index (χ0n) is 15.9. The van der Waals surface area contributed by atoms with Crippen LogP contribution in [0.15, 0.2) is 83.3 Å². The van der Waals surface area contributed by atoms with Gasteiger partial charge in [-0.05, 0) is 30.3 Å². The van der Waals surface area contributed by atoms with Crippen molar-refractivity contribution in [3.8, 4) is 23.0 Å². The molecule has 10 nitrogen and oxygen atoms in total. The molecule has 2 N–H and O–H groups in total. The van der Waals surface area contributed by atoms with E-state index >= 15 is 0 Å². The third kappa shape index (κ3) is 4.65. The summed E-state index contributed by atoms with van der Waals surface area (Å²) in [6.07, 6.45) is 0. The van der Waals surface area contributed by atoms with Crippen LogP contribution >= 0.6 is 0 Å². The second-order valence-electron chi connectivity index (χ2n) is 6.18. The maximum absolute atomic E-state index is 12.1. The molecule has 1 heterocycles. The number of aromatic nitrogens is 2. The fraction of sp³-hybridized carbons (Fsp3) is 0. The number of nitrogens with one attached hydrogen (secondary N) is 2. The first kappa shape index (κ1) is 19.6. The van der Waals surface area contributed by atoms with Gasteiger partial charge >= 0.3 is 17.7 Å². The highest BCUT2D eigenvalue weighted by atomic mass is 16.6. The average molecular weight is 417 g/mol. The standard InChI is InChI=1S/C21H15N5O5/c27-20(22-14-8-2-1-3-9-14)23-21-25-24-19(31-21)15-10-4-6-12-17(15)30-18-13-7-5-11-16(18)26(28)29/h1-13H,(H2,22,23,25,27). The lowest BCUT2D eigenvalue weighted by Gasteiger charge is -2.09. The van der Waals surface area contributed by atoms with Crippen LogP contribution in [-0.2, 0) is 0 Å². The molecule has 4 rings (SSSR count). The van der Waals surface area contributed by atoms with E-state index < -0.39 is 11.0 Å². The third-order valence-corrected chi connectivity index (χ3v) is 4.08. The summed E-state index contributed by atoms with van der Waals surface area (Å²) in [5.74, 6) is 0.421. The molecule has 31 heavy (non-hydrogen) atoms. The van der Waals surface area contributed by atoms with Gasteiger partial charge < -0.3 is 14.5 Å². The van der Waals surface area contributed by atoms with Gasteiger partial charge in [-0.3, -0.25) is 15.4 Å². The number of nitrogens with zero attached hydrogens (tertiary/aromatic N) is 3. The topological polar surface area (TPSA) is 132 Å². The molecule has 4 aromatic rings. The first-order valence-corrected chi connectivity index (χ1v) is 9.07. The summed E-state index contributed by atoms with van der Waals surface area (Å²) < 4.78 is 11.3. The fourth-order valence-corrected chi connectivity index (χ4v) is 2.71. The average Bonchev–Trinajstić information content (AvgIpc) is 3.23. The van der Waals surface area contributed by atoms with Crippen LogP contribution in [0, 0.1) is 10.1 Å². The van der Waals surface area contributed by atoms with Gasteiger partial charge in [0.2, 0.25) is 5.75 Å². The van der Waals surface area contributed by atoms with Gasteiger partial charge in [0.05, 0.1) is 10.5 Å². The van der Waals surface area contributed by atoms with Crippen LogP contribution in [0.2, 0.25) is 0 Å². The lowest BCUT2D eigenvalue weighted by molar-refractivity contribution is -0.385. The number of hydrogen-bond donors (Lipinski definition) is 2. The first-order chi connectivity index (χ1) is 15.1. The van der Waals surface area contributed by atoms with Gasteiger partial charge in [0.1, 0.15) is 5.75 Å². The molecule has 0 unspecified atom stereocenters. The number of rotatable bonds is 6. The second-order valence-corrected chi connectivity index (χ2v) is 6.18. The van der Waals surface area contributed by atoms with Gasteiger partial charge in [0.25, 0.3) is 5.89 Å². The SMILES string of the molecule is O=C(Nc1ccccc1)Nc1nnc(-c2ccccc2Oc2ccccc2[N+](=O)[O-])o1. The number of ether oxygens (including phenoxy) is 1.